The number of carbonyl (C=O) groups excluding carboxylic acids is 1. The van der Waals surface area contributed by atoms with Crippen LogP contribution in [0.5, 0.6) is 5.75 Å². The molecule has 0 aliphatic carbocycles. The number of hydrogen-bond acceptors (Lipinski definition) is 7. The third-order valence-corrected chi connectivity index (χ3v) is 8.51. The fourth-order valence-electron chi connectivity index (χ4n) is 3.76. The molecule has 0 fully saturated rings. The molecule has 1 heterocycles. The van der Waals surface area contributed by atoms with Gasteiger partial charge in [-0.15, -0.1) is 0 Å². The maximum Gasteiger partial charge on any atom is 0.262 e. The molecule has 0 saturated carbocycles. The number of methoxy groups -OCH3 is 1. The molecule has 0 unspecified atom stereocenters. The summed E-state index contributed by atoms with van der Waals surface area (Å²) in [6, 6.07) is 18.0. The predicted octanol–water partition coefficient (Wildman–Crippen LogP) is 5.36. The Morgan fingerprint density at radius 1 is 1.03 bits per heavy atom. The lowest BCUT2D eigenvalue weighted by Crippen LogP contribution is -2.34. The van der Waals surface area contributed by atoms with Gasteiger partial charge >= 0.3 is 0 Å². The zero-order chi connectivity index (χ0) is 26.6. The van der Waals surface area contributed by atoms with E-state index in [4.69, 9.17) is 21.3 Å². The zero-order valence-electron chi connectivity index (χ0n) is 20.6. The lowest BCUT2D eigenvalue weighted by atomic mass is 10.1. The highest BCUT2D eigenvalue weighted by molar-refractivity contribution is 7.92. The van der Waals surface area contributed by atoms with Crippen molar-refractivity contribution < 1.29 is 17.9 Å². The Balaban J connectivity index is 1.74. The number of nitrogens with one attached hydrogen (secondary N) is 1. The molecule has 37 heavy (non-hydrogen) atoms. The third kappa shape index (κ3) is 6.04. The Labute approximate surface area is 225 Å². The number of anilines is 2. The van der Waals surface area contributed by atoms with E-state index >= 15 is 0 Å². The van der Waals surface area contributed by atoms with Gasteiger partial charge in [-0.2, -0.15) is 0 Å². The van der Waals surface area contributed by atoms with Crippen LogP contribution >= 0.6 is 22.9 Å². The molecule has 1 amide bonds. The average molecular weight is 559 g/mol. The smallest absolute Gasteiger partial charge is 0.262 e. The molecule has 0 saturated heterocycles. The number of aromatic nitrogens is 1. The minimum atomic E-state index is -3.90. The van der Waals surface area contributed by atoms with Crippen LogP contribution in [0, 0.1) is 0 Å². The van der Waals surface area contributed by atoms with Crippen molar-refractivity contribution in [2.75, 3.05) is 43.9 Å². The van der Waals surface area contributed by atoms with Crippen LogP contribution in [0.3, 0.4) is 0 Å². The highest BCUT2D eigenvalue weighted by Gasteiger charge is 2.26. The first kappa shape index (κ1) is 26.9. The molecular weight excluding hydrogens is 532 g/mol. The van der Waals surface area contributed by atoms with Crippen molar-refractivity contribution in [1.29, 1.82) is 0 Å². The highest BCUT2D eigenvalue weighted by Crippen LogP contribution is 2.39. The summed E-state index contributed by atoms with van der Waals surface area (Å²) in [6.45, 7) is 1.12. The van der Waals surface area contributed by atoms with Crippen LogP contribution in [0.2, 0.25) is 5.02 Å². The van der Waals surface area contributed by atoms with Gasteiger partial charge in [-0.1, -0.05) is 53.3 Å². The van der Waals surface area contributed by atoms with Gasteiger partial charge in [0.15, 0.2) is 5.13 Å². The summed E-state index contributed by atoms with van der Waals surface area (Å²) in [5.74, 6) is 0.179. The van der Waals surface area contributed by atoms with Crippen LogP contribution in [0.15, 0.2) is 71.6 Å². The predicted molar refractivity (Wildman–Crippen MR) is 150 cm³/mol. The molecule has 0 aliphatic rings. The maximum atomic E-state index is 14.0. The van der Waals surface area contributed by atoms with Gasteiger partial charge in [0, 0.05) is 6.54 Å². The molecule has 3 aromatic carbocycles. The van der Waals surface area contributed by atoms with Crippen LogP contribution in [-0.2, 0) is 10.0 Å². The van der Waals surface area contributed by atoms with E-state index < -0.39 is 10.0 Å². The molecule has 0 aliphatic heterocycles. The summed E-state index contributed by atoms with van der Waals surface area (Å²) >= 11 is 7.72. The van der Waals surface area contributed by atoms with Crippen LogP contribution in [0.1, 0.15) is 16.8 Å². The molecule has 11 heteroatoms. The van der Waals surface area contributed by atoms with E-state index in [1.54, 1.807) is 66.6 Å². The molecule has 8 nitrogen and oxygen atoms in total. The van der Waals surface area contributed by atoms with Gasteiger partial charge in [0.25, 0.3) is 15.9 Å². The second-order valence-electron chi connectivity index (χ2n) is 8.50. The number of benzene rings is 3. The Kier molecular flexibility index (Phi) is 8.33. The lowest BCUT2D eigenvalue weighted by Gasteiger charge is -2.22. The zero-order valence-corrected chi connectivity index (χ0v) is 23.0. The summed E-state index contributed by atoms with van der Waals surface area (Å²) in [5, 5.41) is 0.960. The van der Waals surface area contributed by atoms with E-state index in [-0.39, 0.29) is 22.1 Å². The van der Waals surface area contributed by atoms with E-state index in [0.29, 0.717) is 39.1 Å². The van der Waals surface area contributed by atoms with Gasteiger partial charge in [-0.25, -0.2) is 13.4 Å². The van der Waals surface area contributed by atoms with Crippen LogP contribution in [-0.4, -0.2) is 58.5 Å². The van der Waals surface area contributed by atoms with Gasteiger partial charge in [0.05, 0.1) is 33.0 Å². The summed E-state index contributed by atoms with van der Waals surface area (Å²) in [4.78, 5) is 22.4. The molecule has 0 bridgehead atoms. The Hall–Kier alpha value is -3.18. The second kappa shape index (κ2) is 11.5. The number of halogens is 1. The first-order chi connectivity index (χ1) is 17.7. The third-order valence-electron chi connectivity index (χ3n) is 5.59. The molecule has 4 rings (SSSR count). The molecule has 0 atom stereocenters. The van der Waals surface area contributed by atoms with Crippen molar-refractivity contribution >= 4 is 59.9 Å². The van der Waals surface area contributed by atoms with Crippen molar-refractivity contribution in [1.82, 2.24) is 9.88 Å². The Morgan fingerprint density at radius 2 is 1.73 bits per heavy atom. The number of para-hydroxylation sites is 1. The SMILES string of the molecule is COc1ccc(Cl)c2sc(N(CCCN(C)C)C(=O)c3ccccc3NS(=O)(=O)c3ccccc3)nc12. The molecule has 1 N–H and O–H groups in total. The van der Waals surface area contributed by atoms with Crippen molar-refractivity contribution in [3.8, 4) is 5.75 Å². The van der Waals surface area contributed by atoms with Crippen molar-refractivity contribution in [2.24, 2.45) is 0 Å². The fourth-order valence-corrected chi connectivity index (χ4v) is 6.14. The minimum absolute atomic E-state index is 0.105. The van der Waals surface area contributed by atoms with Gasteiger partial charge in [-0.05, 0) is 63.5 Å². The van der Waals surface area contributed by atoms with E-state index in [1.165, 1.54) is 23.5 Å². The molecular formula is C26H27ClN4O4S2. The van der Waals surface area contributed by atoms with Crippen LogP contribution < -0.4 is 14.4 Å². The summed E-state index contributed by atoms with van der Waals surface area (Å²) in [5.41, 5.74) is 0.966. The van der Waals surface area contributed by atoms with E-state index in [9.17, 15) is 13.2 Å². The molecule has 1 aromatic heterocycles. The summed E-state index contributed by atoms with van der Waals surface area (Å²) in [6.07, 6.45) is 0.678. The number of thiazole rings is 1. The number of carbonyl (C=O) groups is 1. The standard InChI is InChI=1S/C26H27ClN4O4S2/c1-30(2)16-9-17-31(26-28-23-22(35-3)15-14-20(27)24(23)36-26)25(32)19-12-7-8-13-21(19)29-37(33,34)18-10-5-4-6-11-18/h4-8,10-15,29H,9,16-17H2,1-3H3. The normalized spacial score (nSPS) is 11.6. The molecule has 0 spiro atoms. The second-order valence-corrected chi connectivity index (χ2v) is 11.6. The first-order valence-corrected chi connectivity index (χ1v) is 14.2. The highest BCUT2D eigenvalue weighted by atomic mass is 35.5. The number of fused-ring (bicyclic) bond motifs is 1. The van der Waals surface area contributed by atoms with Gasteiger partial charge < -0.3 is 9.64 Å². The summed E-state index contributed by atoms with van der Waals surface area (Å²) < 4.78 is 34.7. The topological polar surface area (TPSA) is 91.8 Å². The number of ether oxygens (including phenoxy) is 1. The minimum Gasteiger partial charge on any atom is -0.494 e. The quantitative estimate of drug-likeness (QED) is 0.282. The number of nitrogens with zero attached hydrogens (tertiary/aromatic N) is 3. The van der Waals surface area contributed by atoms with Gasteiger partial charge in [-0.3, -0.25) is 14.4 Å². The van der Waals surface area contributed by atoms with E-state index in [0.717, 1.165) is 6.54 Å². The van der Waals surface area contributed by atoms with Crippen molar-refractivity contribution in [3.05, 3.63) is 77.3 Å². The lowest BCUT2D eigenvalue weighted by molar-refractivity contribution is 0.0987. The van der Waals surface area contributed by atoms with E-state index in [2.05, 4.69) is 4.72 Å². The number of sulfonamides is 1. The number of hydrogen-bond donors (Lipinski definition) is 1. The fraction of sp³-hybridized carbons (Fsp3) is 0.231. The van der Waals surface area contributed by atoms with Crippen molar-refractivity contribution in [3.63, 3.8) is 0 Å². The maximum absolute atomic E-state index is 14.0. The van der Waals surface area contributed by atoms with Gasteiger partial charge in [0.2, 0.25) is 0 Å². The van der Waals surface area contributed by atoms with Crippen LogP contribution in [0.4, 0.5) is 10.8 Å². The average Bonchev–Trinajstić information content (AvgIpc) is 3.33. The summed E-state index contributed by atoms with van der Waals surface area (Å²) in [7, 11) is 1.58. The van der Waals surface area contributed by atoms with E-state index in [1.807, 2.05) is 19.0 Å². The van der Waals surface area contributed by atoms with Crippen molar-refractivity contribution in [2.45, 2.75) is 11.3 Å². The van der Waals surface area contributed by atoms with Crippen LogP contribution in [0.25, 0.3) is 10.2 Å². The Morgan fingerprint density at radius 3 is 2.43 bits per heavy atom. The van der Waals surface area contributed by atoms with Gasteiger partial charge in [0.1, 0.15) is 11.3 Å². The number of amides is 1. The Bertz CT molecular complexity index is 1510. The molecule has 0 radical (unpaired) electrons. The largest absolute Gasteiger partial charge is 0.494 e. The number of rotatable bonds is 10. The molecule has 4 aromatic rings. The molecule has 194 valence electrons. The first-order valence-electron chi connectivity index (χ1n) is 11.5. The monoisotopic (exact) mass is 558 g/mol.